The predicted octanol–water partition coefficient (Wildman–Crippen LogP) is 3.60. The number of rotatable bonds is 1. The fourth-order valence-corrected chi connectivity index (χ4v) is 2.63. The molecule has 1 aliphatic rings. The molecule has 98 valence electrons. The van der Waals surface area contributed by atoms with Gasteiger partial charge in [0.1, 0.15) is 16.7 Å². The topological polar surface area (TPSA) is 38.7 Å². The van der Waals surface area contributed by atoms with Gasteiger partial charge in [0.2, 0.25) is 0 Å². The standard InChI is InChI=1S/C14H13ClFN3/c15-13-10-4-2-1-3-5-11(10)18-14(19-13)12-7-6-9(16)8-17-12/h6-8H,1-5H2. The molecule has 0 radical (unpaired) electrons. The second-order valence-electron chi connectivity index (χ2n) is 4.69. The summed E-state index contributed by atoms with van der Waals surface area (Å²) >= 11 is 6.25. The summed E-state index contributed by atoms with van der Waals surface area (Å²) in [5, 5.41) is 0.507. The first-order valence-electron chi connectivity index (χ1n) is 6.41. The lowest BCUT2D eigenvalue weighted by molar-refractivity contribution is 0.621. The van der Waals surface area contributed by atoms with Crippen LogP contribution in [0.25, 0.3) is 11.5 Å². The number of aryl methyl sites for hydroxylation is 1. The van der Waals surface area contributed by atoms with E-state index in [4.69, 9.17) is 11.6 Å². The third-order valence-corrected chi connectivity index (χ3v) is 3.65. The molecule has 0 saturated carbocycles. The molecule has 0 atom stereocenters. The smallest absolute Gasteiger partial charge is 0.179 e. The highest BCUT2D eigenvalue weighted by Crippen LogP contribution is 2.27. The first kappa shape index (κ1) is 12.5. The molecular formula is C14H13ClFN3. The fraction of sp³-hybridized carbons (Fsp3) is 0.357. The highest BCUT2D eigenvalue weighted by Gasteiger charge is 2.16. The molecule has 0 unspecified atom stereocenters. The van der Waals surface area contributed by atoms with Gasteiger partial charge in [0.25, 0.3) is 0 Å². The minimum absolute atomic E-state index is 0.371. The zero-order valence-corrected chi connectivity index (χ0v) is 11.1. The van der Waals surface area contributed by atoms with E-state index in [1.807, 2.05) is 0 Å². The van der Waals surface area contributed by atoms with Gasteiger partial charge in [-0.05, 0) is 37.8 Å². The molecule has 0 aliphatic heterocycles. The largest absolute Gasteiger partial charge is 0.250 e. The van der Waals surface area contributed by atoms with E-state index in [0.29, 0.717) is 16.7 Å². The molecule has 2 aromatic rings. The maximum absolute atomic E-state index is 12.9. The van der Waals surface area contributed by atoms with Gasteiger partial charge in [-0.3, -0.25) is 0 Å². The van der Waals surface area contributed by atoms with E-state index in [0.717, 1.165) is 43.1 Å². The lowest BCUT2D eigenvalue weighted by atomic mass is 10.1. The van der Waals surface area contributed by atoms with E-state index in [2.05, 4.69) is 15.0 Å². The minimum Gasteiger partial charge on any atom is -0.250 e. The van der Waals surface area contributed by atoms with Crippen molar-refractivity contribution < 1.29 is 4.39 Å². The van der Waals surface area contributed by atoms with Crippen molar-refractivity contribution in [1.29, 1.82) is 0 Å². The number of pyridine rings is 1. The number of hydrogen-bond acceptors (Lipinski definition) is 3. The Morgan fingerprint density at radius 3 is 2.68 bits per heavy atom. The summed E-state index contributed by atoms with van der Waals surface area (Å²) in [4.78, 5) is 12.9. The quantitative estimate of drug-likeness (QED) is 0.590. The van der Waals surface area contributed by atoms with Crippen LogP contribution in [0, 0.1) is 5.82 Å². The van der Waals surface area contributed by atoms with Gasteiger partial charge in [-0.15, -0.1) is 0 Å². The van der Waals surface area contributed by atoms with Gasteiger partial charge in [-0.25, -0.2) is 19.3 Å². The van der Waals surface area contributed by atoms with Gasteiger partial charge in [0.05, 0.1) is 6.20 Å². The molecule has 3 rings (SSSR count). The maximum Gasteiger partial charge on any atom is 0.179 e. The highest BCUT2D eigenvalue weighted by atomic mass is 35.5. The number of nitrogens with zero attached hydrogens (tertiary/aromatic N) is 3. The molecule has 1 aliphatic carbocycles. The first-order valence-corrected chi connectivity index (χ1v) is 6.79. The van der Waals surface area contributed by atoms with Gasteiger partial charge in [0, 0.05) is 11.3 Å². The Morgan fingerprint density at radius 1 is 1.05 bits per heavy atom. The summed E-state index contributed by atoms with van der Waals surface area (Å²) in [7, 11) is 0. The van der Waals surface area contributed by atoms with Crippen LogP contribution in [0.15, 0.2) is 18.3 Å². The van der Waals surface area contributed by atoms with Crippen LogP contribution in [0.1, 0.15) is 30.5 Å². The van der Waals surface area contributed by atoms with Crippen molar-refractivity contribution in [2.45, 2.75) is 32.1 Å². The number of fused-ring (bicyclic) bond motifs is 1. The third kappa shape index (κ3) is 2.59. The van der Waals surface area contributed by atoms with Gasteiger partial charge < -0.3 is 0 Å². The van der Waals surface area contributed by atoms with E-state index in [1.165, 1.54) is 12.5 Å². The Balaban J connectivity index is 2.06. The van der Waals surface area contributed by atoms with Crippen molar-refractivity contribution in [3.8, 4) is 11.5 Å². The van der Waals surface area contributed by atoms with Crippen LogP contribution in [0.2, 0.25) is 5.15 Å². The van der Waals surface area contributed by atoms with Crippen molar-refractivity contribution in [3.05, 3.63) is 40.6 Å². The molecule has 0 amide bonds. The average Bonchev–Trinajstić information content (AvgIpc) is 2.65. The molecule has 19 heavy (non-hydrogen) atoms. The van der Waals surface area contributed by atoms with Gasteiger partial charge in [-0.2, -0.15) is 0 Å². The molecule has 0 spiro atoms. The normalized spacial score (nSPS) is 14.8. The number of hydrogen-bond donors (Lipinski definition) is 0. The predicted molar refractivity (Wildman–Crippen MR) is 71.5 cm³/mol. The van der Waals surface area contributed by atoms with Crippen LogP contribution in [-0.2, 0) is 12.8 Å². The molecule has 5 heteroatoms. The minimum atomic E-state index is -0.371. The summed E-state index contributed by atoms with van der Waals surface area (Å²) in [6, 6.07) is 2.93. The highest BCUT2D eigenvalue weighted by molar-refractivity contribution is 6.30. The second-order valence-corrected chi connectivity index (χ2v) is 5.04. The van der Waals surface area contributed by atoms with Crippen molar-refractivity contribution in [2.75, 3.05) is 0 Å². The van der Waals surface area contributed by atoms with Gasteiger partial charge in [0.15, 0.2) is 5.82 Å². The van der Waals surface area contributed by atoms with E-state index >= 15 is 0 Å². The molecule has 2 aromatic heterocycles. The van der Waals surface area contributed by atoms with Crippen LogP contribution >= 0.6 is 11.6 Å². The molecule has 0 N–H and O–H groups in total. The van der Waals surface area contributed by atoms with E-state index in [9.17, 15) is 4.39 Å². The fourth-order valence-electron chi connectivity index (χ4n) is 2.35. The molecular weight excluding hydrogens is 265 g/mol. The molecule has 0 fully saturated rings. The number of aromatic nitrogens is 3. The zero-order valence-electron chi connectivity index (χ0n) is 10.4. The second kappa shape index (κ2) is 5.21. The first-order chi connectivity index (χ1) is 9.24. The van der Waals surface area contributed by atoms with E-state index in [1.54, 1.807) is 6.07 Å². The van der Waals surface area contributed by atoms with Crippen molar-refractivity contribution in [2.24, 2.45) is 0 Å². The van der Waals surface area contributed by atoms with Crippen LogP contribution in [-0.4, -0.2) is 15.0 Å². The lowest BCUT2D eigenvalue weighted by Gasteiger charge is -2.09. The Hall–Kier alpha value is -1.55. The maximum atomic E-state index is 12.9. The Morgan fingerprint density at radius 2 is 1.89 bits per heavy atom. The summed E-state index contributed by atoms with van der Waals surface area (Å²) in [6.45, 7) is 0. The average molecular weight is 278 g/mol. The Kier molecular flexibility index (Phi) is 3.42. The zero-order chi connectivity index (χ0) is 13.2. The van der Waals surface area contributed by atoms with Crippen LogP contribution < -0.4 is 0 Å². The summed E-state index contributed by atoms with van der Waals surface area (Å²) in [6.07, 6.45) is 6.47. The molecule has 0 saturated heterocycles. The Bertz CT molecular complexity index is 598. The van der Waals surface area contributed by atoms with Crippen molar-refractivity contribution >= 4 is 11.6 Å². The molecule has 2 heterocycles. The van der Waals surface area contributed by atoms with Crippen molar-refractivity contribution in [3.63, 3.8) is 0 Å². The van der Waals surface area contributed by atoms with Crippen molar-refractivity contribution in [1.82, 2.24) is 15.0 Å². The van der Waals surface area contributed by atoms with Crippen LogP contribution in [0.5, 0.6) is 0 Å². The monoisotopic (exact) mass is 277 g/mol. The summed E-state index contributed by atoms with van der Waals surface area (Å²) in [5.41, 5.74) is 2.62. The summed E-state index contributed by atoms with van der Waals surface area (Å²) < 4.78 is 12.9. The third-order valence-electron chi connectivity index (χ3n) is 3.34. The molecule has 3 nitrogen and oxygen atoms in total. The summed E-state index contributed by atoms with van der Waals surface area (Å²) in [5.74, 6) is 0.107. The molecule has 0 aromatic carbocycles. The molecule has 0 bridgehead atoms. The lowest BCUT2D eigenvalue weighted by Crippen LogP contribution is -2.03. The Labute approximate surface area is 115 Å². The van der Waals surface area contributed by atoms with Gasteiger partial charge >= 0.3 is 0 Å². The van der Waals surface area contributed by atoms with E-state index < -0.39 is 0 Å². The van der Waals surface area contributed by atoms with Gasteiger partial charge in [-0.1, -0.05) is 18.0 Å². The number of halogens is 2. The van der Waals surface area contributed by atoms with Crippen LogP contribution in [0.4, 0.5) is 4.39 Å². The van der Waals surface area contributed by atoms with Crippen LogP contribution in [0.3, 0.4) is 0 Å². The van der Waals surface area contributed by atoms with E-state index in [-0.39, 0.29) is 5.82 Å². The SMILES string of the molecule is Fc1ccc(-c2nc(Cl)c3c(n2)CCCCC3)nc1.